The van der Waals surface area contributed by atoms with Crippen LogP contribution in [0.15, 0.2) is 23.3 Å². The highest BCUT2D eigenvalue weighted by Gasteiger charge is 2.27. The van der Waals surface area contributed by atoms with Gasteiger partial charge in [0.05, 0.1) is 6.61 Å². The molecule has 0 bridgehead atoms. The molecule has 1 aromatic rings. The number of alkyl halides is 2. The third-order valence-electron chi connectivity index (χ3n) is 4.41. The summed E-state index contributed by atoms with van der Waals surface area (Å²) in [5.74, 6) is 1.20. The highest BCUT2D eigenvalue weighted by atomic mass is 35.5. The largest absolute Gasteiger partial charge is 0.489 e. The van der Waals surface area contributed by atoms with Crippen LogP contribution in [0.4, 0.5) is 8.78 Å². The number of hydrogen-bond acceptors (Lipinski definition) is 4. The predicted molar refractivity (Wildman–Crippen MR) is 91.7 cm³/mol. The zero-order valence-corrected chi connectivity index (χ0v) is 14.4. The van der Waals surface area contributed by atoms with Gasteiger partial charge in [-0.3, -0.25) is 0 Å². The first-order chi connectivity index (χ1) is 11.7. The molecular formula is C16H21ClF2N4O2. The lowest BCUT2D eigenvalue weighted by Gasteiger charge is -2.16. The van der Waals surface area contributed by atoms with Gasteiger partial charge >= 0.3 is 6.61 Å². The maximum atomic E-state index is 12.6. The molecule has 1 heterocycles. The molecule has 3 rings (SSSR count). The van der Waals surface area contributed by atoms with Crippen molar-refractivity contribution in [1.29, 1.82) is 0 Å². The number of nitrogens with zero attached hydrogens (tertiary/aromatic N) is 3. The number of nitrogens with one attached hydrogen (secondary N) is 1. The van der Waals surface area contributed by atoms with Crippen LogP contribution in [-0.4, -0.2) is 32.3 Å². The maximum absolute atomic E-state index is 12.6. The van der Waals surface area contributed by atoms with Crippen LogP contribution in [0, 0.1) is 5.92 Å². The summed E-state index contributed by atoms with van der Waals surface area (Å²) < 4.78 is 35.4. The third-order valence-corrected chi connectivity index (χ3v) is 4.41. The molecule has 25 heavy (non-hydrogen) atoms. The van der Waals surface area contributed by atoms with Crippen LogP contribution in [0.2, 0.25) is 0 Å². The Morgan fingerprint density at radius 3 is 2.80 bits per heavy atom. The molecule has 2 aliphatic rings. The average molecular weight is 375 g/mol. The summed E-state index contributed by atoms with van der Waals surface area (Å²) in [5, 5.41) is 6.90. The molecule has 1 saturated heterocycles. The molecule has 1 aliphatic carbocycles. The molecule has 1 saturated carbocycles. The van der Waals surface area contributed by atoms with Gasteiger partial charge in [0.25, 0.3) is 0 Å². The van der Waals surface area contributed by atoms with Crippen LogP contribution in [0.25, 0.3) is 10.4 Å². The molecule has 9 heteroatoms. The summed E-state index contributed by atoms with van der Waals surface area (Å²) in [6, 6.07) is 5.27. The van der Waals surface area contributed by atoms with Gasteiger partial charge in [0.2, 0.25) is 0 Å². The first-order valence-electron chi connectivity index (χ1n) is 8.11. The highest BCUT2D eigenvalue weighted by Crippen LogP contribution is 2.37. The SMILES string of the molecule is Cl.[N-]=[N+]=NC[C@@H]1CC(c2ccc(OC(F)F)c(OCC3CC3)c2)CN1. The van der Waals surface area contributed by atoms with Crippen LogP contribution in [0.1, 0.15) is 30.7 Å². The van der Waals surface area contributed by atoms with E-state index in [4.69, 9.17) is 10.3 Å². The molecule has 6 nitrogen and oxygen atoms in total. The van der Waals surface area contributed by atoms with Gasteiger partial charge in [-0.05, 0) is 54.3 Å². The molecule has 2 fully saturated rings. The van der Waals surface area contributed by atoms with Gasteiger partial charge in [-0.15, -0.1) is 12.4 Å². The summed E-state index contributed by atoms with van der Waals surface area (Å²) in [7, 11) is 0. The molecule has 0 aromatic heterocycles. The zero-order valence-electron chi connectivity index (χ0n) is 13.6. The molecule has 2 atom stereocenters. The van der Waals surface area contributed by atoms with Crippen molar-refractivity contribution in [3.8, 4) is 11.5 Å². The second kappa shape index (κ2) is 9.08. The Morgan fingerprint density at radius 2 is 2.12 bits per heavy atom. The van der Waals surface area contributed by atoms with E-state index in [-0.39, 0.29) is 30.1 Å². The smallest absolute Gasteiger partial charge is 0.387 e. The first-order valence-corrected chi connectivity index (χ1v) is 8.11. The second-order valence-corrected chi connectivity index (χ2v) is 6.29. The van der Waals surface area contributed by atoms with Gasteiger partial charge in [-0.25, -0.2) is 0 Å². The fourth-order valence-electron chi connectivity index (χ4n) is 2.92. The van der Waals surface area contributed by atoms with Gasteiger partial charge in [-0.2, -0.15) is 8.78 Å². The van der Waals surface area contributed by atoms with Gasteiger partial charge in [0.1, 0.15) is 0 Å². The van der Waals surface area contributed by atoms with Crippen molar-refractivity contribution in [3.63, 3.8) is 0 Å². The van der Waals surface area contributed by atoms with E-state index in [0.29, 0.717) is 24.8 Å². The Balaban J connectivity index is 0.00000225. The van der Waals surface area contributed by atoms with Crippen molar-refractivity contribution in [2.24, 2.45) is 11.0 Å². The van der Waals surface area contributed by atoms with E-state index in [0.717, 1.165) is 31.4 Å². The van der Waals surface area contributed by atoms with Crippen molar-refractivity contribution in [2.75, 3.05) is 19.7 Å². The van der Waals surface area contributed by atoms with E-state index < -0.39 is 6.61 Å². The van der Waals surface area contributed by atoms with E-state index in [9.17, 15) is 8.78 Å². The van der Waals surface area contributed by atoms with Crippen molar-refractivity contribution >= 4 is 12.4 Å². The minimum absolute atomic E-state index is 0. The highest BCUT2D eigenvalue weighted by molar-refractivity contribution is 5.85. The lowest BCUT2D eigenvalue weighted by atomic mass is 9.96. The molecule has 138 valence electrons. The number of halogens is 3. The van der Waals surface area contributed by atoms with E-state index in [1.54, 1.807) is 18.2 Å². The van der Waals surface area contributed by atoms with E-state index in [1.807, 2.05) is 0 Å². The molecule has 1 unspecified atom stereocenters. The Labute approximate surface area is 150 Å². The molecule has 0 spiro atoms. The van der Waals surface area contributed by atoms with Crippen LogP contribution in [0.5, 0.6) is 11.5 Å². The van der Waals surface area contributed by atoms with Crippen LogP contribution in [-0.2, 0) is 0 Å². The monoisotopic (exact) mass is 374 g/mol. The van der Waals surface area contributed by atoms with Crippen molar-refractivity contribution < 1.29 is 18.3 Å². The molecular weight excluding hydrogens is 354 g/mol. The Hall–Kier alpha value is -1.76. The number of hydrogen-bond donors (Lipinski definition) is 1. The van der Waals surface area contributed by atoms with E-state index in [2.05, 4.69) is 20.1 Å². The van der Waals surface area contributed by atoms with Crippen molar-refractivity contribution in [2.45, 2.75) is 37.8 Å². The minimum Gasteiger partial charge on any atom is -0.489 e. The molecule has 1 N–H and O–H groups in total. The fraction of sp³-hybridized carbons (Fsp3) is 0.625. The van der Waals surface area contributed by atoms with Gasteiger partial charge in [0.15, 0.2) is 11.5 Å². The van der Waals surface area contributed by atoms with Crippen molar-refractivity contribution in [1.82, 2.24) is 5.32 Å². The maximum Gasteiger partial charge on any atom is 0.387 e. The van der Waals surface area contributed by atoms with Crippen LogP contribution < -0.4 is 14.8 Å². The summed E-state index contributed by atoms with van der Waals surface area (Å²) in [6.45, 7) is -1.18. The lowest BCUT2D eigenvalue weighted by molar-refractivity contribution is -0.0515. The average Bonchev–Trinajstić information content (AvgIpc) is 3.27. The molecule has 0 radical (unpaired) electrons. The number of azide groups is 1. The summed E-state index contributed by atoms with van der Waals surface area (Å²) >= 11 is 0. The predicted octanol–water partition coefficient (Wildman–Crippen LogP) is 4.25. The number of ether oxygens (including phenoxy) is 2. The zero-order chi connectivity index (χ0) is 16.9. The lowest BCUT2D eigenvalue weighted by Crippen LogP contribution is -2.23. The molecule has 1 aliphatic heterocycles. The van der Waals surface area contributed by atoms with Crippen LogP contribution in [0.3, 0.4) is 0 Å². The Kier molecular flexibility index (Phi) is 7.11. The van der Waals surface area contributed by atoms with Gasteiger partial charge in [-0.1, -0.05) is 11.2 Å². The Morgan fingerprint density at radius 1 is 1.32 bits per heavy atom. The summed E-state index contributed by atoms with van der Waals surface area (Å²) in [4.78, 5) is 2.77. The number of rotatable bonds is 8. The first kappa shape index (κ1) is 19.6. The third kappa shape index (κ3) is 5.63. The molecule has 1 aromatic carbocycles. The summed E-state index contributed by atoms with van der Waals surface area (Å²) in [6.07, 6.45) is 3.08. The fourth-order valence-corrected chi connectivity index (χ4v) is 2.92. The van der Waals surface area contributed by atoms with E-state index >= 15 is 0 Å². The van der Waals surface area contributed by atoms with Gasteiger partial charge in [0, 0.05) is 24.0 Å². The van der Waals surface area contributed by atoms with Gasteiger partial charge < -0.3 is 14.8 Å². The number of benzene rings is 1. The minimum atomic E-state index is -2.87. The second-order valence-electron chi connectivity index (χ2n) is 6.29. The molecule has 0 amide bonds. The quantitative estimate of drug-likeness (QED) is 0.419. The Bertz CT molecular complexity index is 624. The van der Waals surface area contributed by atoms with E-state index in [1.165, 1.54) is 0 Å². The summed E-state index contributed by atoms with van der Waals surface area (Å²) in [5.41, 5.74) is 9.41. The van der Waals surface area contributed by atoms with Crippen LogP contribution >= 0.6 is 12.4 Å². The topological polar surface area (TPSA) is 79.3 Å². The normalized spacial score (nSPS) is 22.2. The van der Waals surface area contributed by atoms with Crippen molar-refractivity contribution in [3.05, 3.63) is 34.2 Å². The standard InChI is InChI=1S/C16H20F2N4O2.ClH/c17-16(18)24-14-4-3-11(6-15(14)23-9-10-1-2-10)12-5-13(20-7-12)8-21-22-19;/h3-4,6,10,12-13,16,20H,1-2,5,7-9H2;1H/t12?,13-;/m0./s1.